The maximum absolute atomic E-state index is 13.1. The van der Waals surface area contributed by atoms with Crippen molar-refractivity contribution in [3.8, 4) is 0 Å². The molecule has 8 nitrogen and oxygen atoms in total. The maximum atomic E-state index is 13.1. The van der Waals surface area contributed by atoms with Crippen molar-refractivity contribution in [3.05, 3.63) is 75.2 Å². The molecular weight excluding hydrogens is 491 g/mol. The van der Waals surface area contributed by atoms with Crippen molar-refractivity contribution >= 4 is 54.1 Å². The first-order valence-corrected chi connectivity index (χ1v) is 8.87. The Kier molecular flexibility index (Phi) is 11.8. The summed E-state index contributed by atoms with van der Waals surface area (Å²) < 4.78 is 25.9. The maximum Gasteiger partial charge on any atom is 0.353 e. The van der Waals surface area contributed by atoms with Crippen molar-refractivity contribution in [1.82, 2.24) is 15.2 Å². The Bertz CT molecular complexity index is 1100. The van der Waals surface area contributed by atoms with E-state index in [1.807, 2.05) is 19.2 Å². The topological polar surface area (TPSA) is 134 Å². The van der Waals surface area contributed by atoms with Crippen LogP contribution in [0.25, 0.3) is 0 Å². The van der Waals surface area contributed by atoms with Gasteiger partial charge in [0.25, 0.3) is 5.91 Å². The molecule has 13 heteroatoms. The number of rotatable bonds is 4. The van der Waals surface area contributed by atoms with Gasteiger partial charge in [-0.1, -0.05) is 11.6 Å². The molecular formula is C19H20Cl3F2N5O3. The van der Waals surface area contributed by atoms with E-state index in [1.165, 1.54) is 5.56 Å². The number of carbonyl (C=O) groups excluding carboxylic acids is 1. The van der Waals surface area contributed by atoms with Crippen LogP contribution in [0.4, 0.5) is 14.6 Å². The number of halogens is 5. The number of hydrogen-bond donors (Lipinski definition) is 4. The largest absolute Gasteiger partial charge is 0.477 e. The van der Waals surface area contributed by atoms with E-state index in [0.717, 1.165) is 17.3 Å². The van der Waals surface area contributed by atoms with Gasteiger partial charge in [0.2, 0.25) is 0 Å². The van der Waals surface area contributed by atoms with Gasteiger partial charge in [-0.05, 0) is 43.2 Å². The lowest BCUT2D eigenvalue weighted by Gasteiger charge is -2.04. The number of benzene rings is 1. The molecule has 1 amide bonds. The van der Waals surface area contributed by atoms with Gasteiger partial charge in [0, 0.05) is 24.5 Å². The fraction of sp³-hybridized carbons (Fsp3) is 0.158. The first-order valence-electron chi connectivity index (χ1n) is 8.49. The van der Waals surface area contributed by atoms with E-state index in [9.17, 15) is 18.4 Å². The predicted octanol–water partition coefficient (Wildman–Crippen LogP) is 4.29. The van der Waals surface area contributed by atoms with Crippen LogP contribution in [-0.2, 0) is 6.54 Å². The molecule has 32 heavy (non-hydrogen) atoms. The summed E-state index contributed by atoms with van der Waals surface area (Å²) in [6, 6.07) is 4.41. The summed E-state index contributed by atoms with van der Waals surface area (Å²) in [5.74, 6) is -4.61. The van der Waals surface area contributed by atoms with Crippen LogP contribution < -0.4 is 11.1 Å². The van der Waals surface area contributed by atoms with Gasteiger partial charge in [0.1, 0.15) is 5.69 Å². The average Bonchev–Trinajstić information content (AvgIpc) is 3.14. The lowest BCUT2D eigenvalue weighted by atomic mass is 10.1. The Morgan fingerprint density at radius 1 is 1.16 bits per heavy atom. The smallest absolute Gasteiger partial charge is 0.353 e. The molecule has 0 spiro atoms. The number of aryl methyl sites for hydroxylation is 2. The number of nitrogens with one attached hydrogen (secondary N) is 2. The van der Waals surface area contributed by atoms with Crippen LogP contribution in [0.2, 0.25) is 5.02 Å². The zero-order valence-electron chi connectivity index (χ0n) is 16.8. The second-order valence-electron chi connectivity index (χ2n) is 6.13. The van der Waals surface area contributed by atoms with Gasteiger partial charge in [0.15, 0.2) is 17.5 Å². The van der Waals surface area contributed by atoms with Crippen molar-refractivity contribution in [2.45, 2.75) is 20.4 Å². The van der Waals surface area contributed by atoms with Gasteiger partial charge in [-0.2, -0.15) is 5.10 Å². The first-order chi connectivity index (χ1) is 14.1. The molecule has 0 aliphatic carbocycles. The van der Waals surface area contributed by atoms with Gasteiger partial charge in [-0.25, -0.2) is 13.6 Å². The highest BCUT2D eigenvalue weighted by atomic mass is 35.5. The van der Waals surface area contributed by atoms with Crippen molar-refractivity contribution < 1.29 is 23.5 Å². The monoisotopic (exact) mass is 509 g/mol. The number of nitrogens with zero attached hydrogens (tertiary/aromatic N) is 2. The molecule has 3 aromatic rings. The van der Waals surface area contributed by atoms with Crippen LogP contribution in [0.5, 0.6) is 0 Å². The van der Waals surface area contributed by atoms with E-state index in [4.69, 9.17) is 22.4 Å². The standard InChI is InChI=1S/C11H6ClF2N3O3.C8H12N2.2ClH/c12-5-2-7(14)6(13)1-4(5)10(18)15-9-3-8(11(19)20)16-17-9;1-6-3-7(2)10-5-8(6)4-9;;/h1-3H,(H,19,20)(H2,15,16,17,18);3,5H,4,9H2,1-2H3;2*1H. The molecule has 0 fully saturated rings. The van der Waals surface area contributed by atoms with E-state index < -0.39 is 23.5 Å². The van der Waals surface area contributed by atoms with E-state index >= 15 is 0 Å². The van der Waals surface area contributed by atoms with Crippen LogP contribution in [0.1, 0.15) is 37.7 Å². The van der Waals surface area contributed by atoms with Crippen LogP contribution in [0.3, 0.4) is 0 Å². The zero-order valence-corrected chi connectivity index (χ0v) is 19.2. The van der Waals surface area contributed by atoms with Crippen LogP contribution in [0.15, 0.2) is 30.5 Å². The Labute approximate surface area is 199 Å². The third kappa shape index (κ3) is 7.72. The SMILES string of the molecule is Cc1cc(C)c(CN)cn1.Cl.Cl.O=C(O)c1cc(NC(=O)c2cc(F)c(F)cc2Cl)n[nH]1. The summed E-state index contributed by atoms with van der Waals surface area (Å²) in [7, 11) is 0. The van der Waals surface area contributed by atoms with E-state index in [1.54, 1.807) is 0 Å². The highest BCUT2D eigenvalue weighted by Gasteiger charge is 2.17. The molecule has 2 heterocycles. The molecule has 0 atom stereocenters. The molecule has 2 aromatic heterocycles. The van der Waals surface area contributed by atoms with Crippen LogP contribution >= 0.6 is 36.4 Å². The number of hydrogen-bond acceptors (Lipinski definition) is 5. The van der Waals surface area contributed by atoms with Crippen molar-refractivity contribution in [1.29, 1.82) is 0 Å². The number of carboxylic acids is 1. The lowest BCUT2D eigenvalue weighted by molar-refractivity contribution is 0.0690. The normalized spacial score (nSPS) is 9.56. The number of amides is 1. The van der Waals surface area contributed by atoms with Gasteiger partial charge in [0.05, 0.1) is 10.6 Å². The van der Waals surface area contributed by atoms with E-state index in [0.29, 0.717) is 18.7 Å². The van der Waals surface area contributed by atoms with E-state index in [-0.39, 0.29) is 46.9 Å². The highest BCUT2D eigenvalue weighted by molar-refractivity contribution is 6.34. The molecule has 0 aliphatic rings. The fourth-order valence-electron chi connectivity index (χ4n) is 2.31. The first kappa shape index (κ1) is 29.2. The van der Waals surface area contributed by atoms with Crippen LogP contribution in [-0.4, -0.2) is 32.2 Å². The molecule has 0 saturated heterocycles. The number of aromatic carboxylic acids is 1. The van der Waals surface area contributed by atoms with Crippen molar-refractivity contribution in [3.63, 3.8) is 0 Å². The Hall–Kier alpha value is -2.79. The minimum atomic E-state index is -1.26. The molecule has 0 saturated carbocycles. The Balaban J connectivity index is 0.000000683. The molecule has 174 valence electrons. The number of anilines is 1. The summed E-state index contributed by atoms with van der Waals surface area (Å²) in [5, 5.41) is 16.3. The zero-order chi connectivity index (χ0) is 22.4. The average molecular weight is 511 g/mol. The second kappa shape index (κ2) is 12.9. The third-order valence-corrected chi connectivity index (χ3v) is 4.19. The molecule has 0 aliphatic heterocycles. The van der Waals surface area contributed by atoms with E-state index in [2.05, 4.69) is 27.4 Å². The molecule has 0 bridgehead atoms. The second-order valence-corrected chi connectivity index (χ2v) is 6.54. The fourth-order valence-corrected chi connectivity index (χ4v) is 2.55. The van der Waals surface area contributed by atoms with Gasteiger partial charge >= 0.3 is 5.97 Å². The molecule has 5 N–H and O–H groups in total. The highest BCUT2D eigenvalue weighted by Crippen LogP contribution is 2.21. The summed E-state index contributed by atoms with van der Waals surface area (Å²) in [6.07, 6.45) is 1.84. The Morgan fingerprint density at radius 2 is 1.78 bits per heavy atom. The minimum Gasteiger partial charge on any atom is -0.477 e. The number of pyridine rings is 1. The Morgan fingerprint density at radius 3 is 2.31 bits per heavy atom. The van der Waals surface area contributed by atoms with Gasteiger partial charge in [-0.3, -0.25) is 14.9 Å². The van der Waals surface area contributed by atoms with Gasteiger partial charge in [-0.15, -0.1) is 24.8 Å². The summed E-state index contributed by atoms with van der Waals surface area (Å²) in [4.78, 5) is 26.5. The number of aromatic nitrogens is 3. The summed E-state index contributed by atoms with van der Waals surface area (Å²) in [5.41, 5.74) is 8.33. The summed E-state index contributed by atoms with van der Waals surface area (Å²) >= 11 is 5.63. The number of carboxylic acid groups (broad SMARTS) is 1. The van der Waals surface area contributed by atoms with Crippen molar-refractivity contribution in [2.75, 3.05) is 5.32 Å². The third-order valence-electron chi connectivity index (χ3n) is 3.88. The molecule has 1 aromatic carbocycles. The quantitative estimate of drug-likeness (QED) is 0.387. The molecule has 3 rings (SSSR count). The molecule has 0 radical (unpaired) electrons. The predicted molar refractivity (Wildman–Crippen MR) is 121 cm³/mol. The van der Waals surface area contributed by atoms with Gasteiger partial charge < -0.3 is 16.2 Å². The number of H-pyrrole nitrogens is 1. The number of nitrogens with two attached hydrogens (primary N) is 1. The van der Waals surface area contributed by atoms with Crippen molar-refractivity contribution in [2.24, 2.45) is 5.73 Å². The lowest BCUT2D eigenvalue weighted by Crippen LogP contribution is -2.13. The van der Waals surface area contributed by atoms with Crippen LogP contribution in [0, 0.1) is 25.5 Å². The minimum absolute atomic E-state index is 0. The number of aromatic amines is 1. The molecule has 0 unspecified atom stereocenters. The summed E-state index contributed by atoms with van der Waals surface area (Å²) in [6.45, 7) is 4.61. The number of carbonyl (C=O) groups is 2.